The van der Waals surface area contributed by atoms with Gasteiger partial charge in [-0.3, -0.25) is 4.79 Å². The van der Waals surface area contributed by atoms with Gasteiger partial charge in [0, 0.05) is 11.4 Å². The van der Waals surface area contributed by atoms with E-state index in [0.717, 1.165) is 6.07 Å². The van der Waals surface area contributed by atoms with E-state index < -0.39 is 17.6 Å². The Hall–Kier alpha value is -1.04. The molecule has 0 fully saturated rings. The van der Waals surface area contributed by atoms with Gasteiger partial charge in [-0.2, -0.15) is 8.78 Å². The number of carbonyl (C=O) groups excluding carboxylic acids is 1. The molecular weight excluding hydrogens is 275 g/mol. The molecule has 0 atom stereocenters. The lowest BCUT2D eigenvalue weighted by Gasteiger charge is -2.11. The Morgan fingerprint density at radius 3 is 2.53 bits per heavy atom. The SMILES string of the molecule is CC(F)(F)C(=O)Nc1ccc(Br)cc1F. The standard InChI is InChI=1S/C9H7BrF3NO/c1-9(12,13)8(15)14-7-3-2-5(10)4-6(7)11/h2-4H,1H3,(H,14,15). The van der Waals surface area contributed by atoms with Crippen LogP contribution in [0.25, 0.3) is 0 Å². The van der Waals surface area contributed by atoms with Gasteiger partial charge in [-0.15, -0.1) is 0 Å². The van der Waals surface area contributed by atoms with Gasteiger partial charge in [-0.25, -0.2) is 4.39 Å². The predicted molar refractivity (Wildman–Crippen MR) is 53.4 cm³/mol. The summed E-state index contributed by atoms with van der Waals surface area (Å²) in [4.78, 5) is 10.8. The first kappa shape index (κ1) is 12.0. The molecule has 82 valence electrons. The average Bonchev–Trinajstić information content (AvgIpc) is 2.08. The largest absolute Gasteiger partial charge is 0.322 e. The lowest BCUT2D eigenvalue weighted by Crippen LogP contribution is -2.31. The molecule has 2 nitrogen and oxygen atoms in total. The lowest BCUT2D eigenvalue weighted by atomic mass is 10.3. The predicted octanol–water partition coefficient (Wildman–Crippen LogP) is 3.18. The number of hydrogen-bond acceptors (Lipinski definition) is 1. The zero-order valence-electron chi connectivity index (χ0n) is 7.65. The highest BCUT2D eigenvalue weighted by Gasteiger charge is 2.32. The van der Waals surface area contributed by atoms with Crippen molar-refractivity contribution >= 4 is 27.5 Å². The summed E-state index contributed by atoms with van der Waals surface area (Å²) in [6.45, 7) is 0.444. The number of amides is 1. The smallest absolute Gasteiger partial charge is 0.318 e. The summed E-state index contributed by atoms with van der Waals surface area (Å²) in [7, 11) is 0. The van der Waals surface area contributed by atoms with Crippen LogP contribution in [0.15, 0.2) is 22.7 Å². The van der Waals surface area contributed by atoms with Crippen LogP contribution in [0, 0.1) is 5.82 Å². The second-order valence-electron chi connectivity index (χ2n) is 2.97. The van der Waals surface area contributed by atoms with E-state index in [1.807, 2.05) is 0 Å². The van der Waals surface area contributed by atoms with Gasteiger partial charge in [0.25, 0.3) is 5.91 Å². The fraction of sp³-hybridized carbons (Fsp3) is 0.222. The Labute approximate surface area is 92.6 Å². The number of halogens is 4. The quantitative estimate of drug-likeness (QED) is 0.886. The Morgan fingerprint density at radius 2 is 2.07 bits per heavy atom. The van der Waals surface area contributed by atoms with Gasteiger partial charge < -0.3 is 5.32 Å². The van der Waals surface area contributed by atoms with Crippen LogP contribution < -0.4 is 5.32 Å². The van der Waals surface area contributed by atoms with Crippen LogP contribution in [-0.2, 0) is 4.79 Å². The first-order valence-electron chi connectivity index (χ1n) is 3.95. The summed E-state index contributed by atoms with van der Waals surface area (Å²) in [5.74, 6) is -5.84. The maximum atomic E-state index is 13.1. The van der Waals surface area contributed by atoms with Gasteiger partial charge in [0.1, 0.15) is 5.82 Å². The molecule has 0 unspecified atom stereocenters. The van der Waals surface area contributed by atoms with E-state index in [4.69, 9.17) is 0 Å². The van der Waals surface area contributed by atoms with Crippen LogP contribution >= 0.6 is 15.9 Å². The Kier molecular flexibility index (Phi) is 3.38. The van der Waals surface area contributed by atoms with E-state index in [1.165, 1.54) is 12.1 Å². The van der Waals surface area contributed by atoms with Crippen molar-refractivity contribution < 1.29 is 18.0 Å². The molecule has 1 rings (SSSR count). The van der Waals surface area contributed by atoms with Crippen molar-refractivity contribution in [1.29, 1.82) is 0 Å². The van der Waals surface area contributed by atoms with Crippen LogP contribution in [0.4, 0.5) is 18.9 Å². The molecule has 0 spiro atoms. The number of rotatable bonds is 2. The molecule has 0 aliphatic carbocycles. The van der Waals surface area contributed by atoms with Crippen molar-refractivity contribution in [2.75, 3.05) is 5.32 Å². The Bertz CT molecular complexity index is 389. The molecule has 15 heavy (non-hydrogen) atoms. The molecule has 0 aliphatic rings. The topological polar surface area (TPSA) is 29.1 Å². The van der Waals surface area contributed by atoms with E-state index in [2.05, 4.69) is 15.9 Å². The molecule has 1 amide bonds. The van der Waals surface area contributed by atoms with E-state index in [-0.39, 0.29) is 5.69 Å². The van der Waals surface area contributed by atoms with Gasteiger partial charge in [-0.05, 0) is 18.2 Å². The minimum Gasteiger partial charge on any atom is -0.318 e. The van der Waals surface area contributed by atoms with Gasteiger partial charge in [0.2, 0.25) is 0 Å². The van der Waals surface area contributed by atoms with Crippen LogP contribution in [0.3, 0.4) is 0 Å². The van der Waals surface area contributed by atoms with Crippen molar-refractivity contribution in [3.05, 3.63) is 28.5 Å². The van der Waals surface area contributed by atoms with Crippen molar-refractivity contribution in [3.8, 4) is 0 Å². The summed E-state index contributed by atoms with van der Waals surface area (Å²) in [6, 6.07) is 3.71. The van der Waals surface area contributed by atoms with Crippen molar-refractivity contribution in [2.24, 2.45) is 0 Å². The maximum Gasteiger partial charge on any atom is 0.322 e. The molecule has 0 saturated carbocycles. The number of nitrogens with one attached hydrogen (secondary N) is 1. The molecule has 0 bridgehead atoms. The third-order valence-corrected chi connectivity index (χ3v) is 2.07. The molecule has 0 aliphatic heterocycles. The highest BCUT2D eigenvalue weighted by molar-refractivity contribution is 9.10. The molecule has 0 heterocycles. The number of alkyl halides is 2. The fourth-order valence-corrected chi connectivity index (χ4v) is 1.16. The van der Waals surface area contributed by atoms with Crippen molar-refractivity contribution in [2.45, 2.75) is 12.8 Å². The summed E-state index contributed by atoms with van der Waals surface area (Å²) in [5, 5.41) is 1.79. The van der Waals surface area contributed by atoms with Crippen LogP contribution in [0.5, 0.6) is 0 Å². The molecular formula is C9H7BrF3NO. The summed E-state index contributed by atoms with van der Waals surface area (Å²) in [5.41, 5.74) is -0.273. The molecule has 0 saturated heterocycles. The molecule has 1 aromatic carbocycles. The van der Waals surface area contributed by atoms with Gasteiger partial charge in [0.15, 0.2) is 0 Å². The van der Waals surface area contributed by atoms with Crippen LogP contribution in [-0.4, -0.2) is 11.8 Å². The Balaban J connectivity index is 2.87. The fourth-order valence-electron chi connectivity index (χ4n) is 0.823. The number of carbonyl (C=O) groups is 1. The van der Waals surface area contributed by atoms with Gasteiger partial charge in [0.05, 0.1) is 5.69 Å². The van der Waals surface area contributed by atoms with Crippen LogP contribution in [0.1, 0.15) is 6.92 Å². The highest BCUT2D eigenvalue weighted by atomic mass is 79.9. The van der Waals surface area contributed by atoms with E-state index in [1.54, 1.807) is 5.32 Å². The zero-order valence-corrected chi connectivity index (χ0v) is 9.24. The molecule has 1 aromatic rings. The molecule has 0 aromatic heterocycles. The Morgan fingerprint density at radius 1 is 1.47 bits per heavy atom. The highest BCUT2D eigenvalue weighted by Crippen LogP contribution is 2.21. The molecule has 0 radical (unpaired) electrons. The number of hydrogen-bond donors (Lipinski definition) is 1. The minimum absolute atomic E-state index is 0.273. The summed E-state index contributed by atoms with van der Waals surface area (Å²) < 4.78 is 38.5. The summed E-state index contributed by atoms with van der Waals surface area (Å²) in [6.07, 6.45) is 0. The van der Waals surface area contributed by atoms with E-state index in [9.17, 15) is 18.0 Å². The first-order valence-corrected chi connectivity index (χ1v) is 4.74. The van der Waals surface area contributed by atoms with Crippen molar-refractivity contribution in [3.63, 3.8) is 0 Å². The average molecular weight is 282 g/mol. The van der Waals surface area contributed by atoms with E-state index in [0.29, 0.717) is 11.4 Å². The summed E-state index contributed by atoms with van der Waals surface area (Å²) >= 11 is 3.00. The monoisotopic (exact) mass is 281 g/mol. The van der Waals surface area contributed by atoms with Crippen LogP contribution in [0.2, 0.25) is 0 Å². The first-order chi connectivity index (χ1) is 6.80. The third-order valence-electron chi connectivity index (χ3n) is 1.58. The second-order valence-corrected chi connectivity index (χ2v) is 3.88. The maximum absolute atomic E-state index is 13.1. The minimum atomic E-state index is -3.53. The molecule has 6 heteroatoms. The number of anilines is 1. The third kappa shape index (κ3) is 3.23. The second kappa shape index (κ2) is 4.22. The lowest BCUT2D eigenvalue weighted by molar-refractivity contribution is -0.137. The normalized spacial score (nSPS) is 11.3. The van der Waals surface area contributed by atoms with Gasteiger partial charge >= 0.3 is 5.92 Å². The number of benzene rings is 1. The van der Waals surface area contributed by atoms with E-state index >= 15 is 0 Å². The van der Waals surface area contributed by atoms with Crippen molar-refractivity contribution in [1.82, 2.24) is 0 Å². The zero-order chi connectivity index (χ0) is 11.6. The molecule has 1 N–H and O–H groups in total. The van der Waals surface area contributed by atoms with Gasteiger partial charge in [-0.1, -0.05) is 15.9 Å².